The molecule has 3 N–H and O–H groups in total. The predicted molar refractivity (Wildman–Crippen MR) is 46.3 cm³/mol. The molecule has 0 aromatic heterocycles. The molecule has 1 fully saturated rings. The first-order valence-corrected chi connectivity index (χ1v) is 5.76. The van der Waals surface area contributed by atoms with Crippen molar-refractivity contribution in [3.8, 4) is 0 Å². The maximum atomic E-state index is 10.6. The highest BCUT2D eigenvalue weighted by molar-refractivity contribution is 7.51. The van der Waals surface area contributed by atoms with E-state index in [0.29, 0.717) is 19.6 Å². The summed E-state index contributed by atoms with van der Waals surface area (Å²) in [6.45, 7) is 1.52. The van der Waals surface area contributed by atoms with Crippen LogP contribution in [0, 0.1) is 0 Å². The summed E-state index contributed by atoms with van der Waals surface area (Å²) in [6, 6.07) is -0.305. The van der Waals surface area contributed by atoms with E-state index < -0.39 is 7.60 Å². The molecule has 1 atom stereocenters. The minimum Gasteiger partial charge on any atom is -0.324 e. The molecule has 6 nitrogen and oxygen atoms in total. The molecule has 1 saturated heterocycles. The first kappa shape index (κ1) is 10.8. The maximum absolute atomic E-state index is 10.6. The lowest BCUT2D eigenvalue weighted by Crippen LogP contribution is -2.51. The molecule has 1 aliphatic heterocycles. The van der Waals surface area contributed by atoms with Gasteiger partial charge in [0.2, 0.25) is 0 Å². The van der Waals surface area contributed by atoms with Crippen molar-refractivity contribution >= 4 is 13.9 Å². The number of nitrogens with zero attached hydrogens (tertiary/aromatic N) is 1. The van der Waals surface area contributed by atoms with Crippen molar-refractivity contribution in [3.05, 3.63) is 0 Å². The van der Waals surface area contributed by atoms with Crippen LogP contribution in [0.2, 0.25) is 0 Å². The summed E-state index contributed by atoms with van der Waals surface area (Å²) in [5.41, 5.74) is 0. The molecule has 13 heavy (non-hydrogen) atoms. The van der Waals surface area contributed by atoms with Crippen molar-refractivity contribution in [3.63, 3.8) is 0 Å². The van der Waals surface area contributed by atoms with Crippen molar-refractivity contribution < 1.29 is 19.1 Å². The van der Waals surface area contributed by atoms with Crippen LogP contribution in [0.25, 0.3) is 0 Å². The molecule has 1 unspecified atom stereocenters. The quantitative estimate of drug-likeness (QED) is 0.390. The Kier molecular flexibility index (Phi) is 3.58. The van der Waals surface area contributed by atoms with Crippen LogP contribution < -0.4 is 5.32 Å². The number of carbonyl (C=O) groups excluding carboxylic acids is 1. The molecule has 1 rings (SSSR count). The summed E-state index contributed by atoms with van der Waals surface area (Å²) in [7, 11) is -3.99. The van der Waals surface area contributed by atoms with Gasteiger partial charge in [0.05, 0.1) is 6.04 Å². The summed E-state index contributed by atoms with van der Waals surface area (Å²) >= 11 is 0. The number of carbonyl (C=O) groups is 1. The normalized spacial score (nSPS) is 25.8. The second kappa shape index (κ2) is 4.30. The van der Waals surface area contributed by atoms with Crippen LogP contribution in [0.4, 0.5) is 0 Å². The summed E-state index contributed by atoms with van der Waals surface area (Å²) < 4.78 is 10.6. The first-order chi connectivity index (χ1) is 6.01. The first-order valence-electron chi connectivity index (χ1n) is 3.97. The fourth-order valence-corrected chi connectivity index (χ4v) is 2.10. The Morgan fingerprint density at radius 3 is 2.85 bits per heavy atom. The molecular formula is C6H13N2O4P. The highest BCUT2D eigenvalue weighted by Gasteiger charge is 2.24. The van der Waals surface area contributed by atoms with E-state index in [1.54, 1.807) is 4.90 Å². The Hall–Kier alpha value is -0.260. The van der Waals surface area contributed by atoms with Gasteiger partial charge >= 0.3 is 7.60 Å². The maximum Gasteiger partial charge on any atom is 0.339 e. The minimum atomic E-state index is -3.99. The third kappa shape index (κ3) is 3.97. The van der Waals surface area contributed by atoms with Gasteiger partial charge in [-0.05, 0) is 0 Å². The van der Waals surface area contributed by atoms with Gasteiger partial charge in [0.15, 0.2) is 0 Å². The number of hydrogen-bond donors (Lipinski definition) is 3. The third-order valence-corrected chi connectivity index (χ3v) is 2.61. The zero-order valence-electron chi connectivity index (χ0n) is 7.09. The van der Waals surface area contributed by atoms with Crippen LogP contribution in [-0.2, 0) is 9.36 Å². The van der Waals surface area contributed by atoms with Crippen molar-refractivity contribution in [2.75, 3.05) is 25.9 Å². The standard InChI is InChI=1S/C6H13N2O4P/c9-4-6-3-8(2-1-7-6)5-13(10,11)12/h4,6-7H,1-3,5H2,(H2,10,11,12). The lowest BCUT2D eigenvalue weighted by molar-refractivity contribution is -0.110. The van der Waals surface area contributed by atoms with Crippen molar-refractivity contribution in [2.24, 2.45) is 0 Å². The van der Waals surface area contributed by atoms with Gasteiger partial charge in [0.25, 0.3) is 0 Å². The molecule has 0 aromatic carbocycles. The minimum absolute atomic E-state index is 0.265. The molecule has 0 amide bonds. The average molecular weight is 208 g/mol. The SMILES string of the molecule is O=CC1CN(CP(=O)(O)O)CCN1. The van der Waals surface area contributed by atoms with E-state index in [2.05, 4.69) is 5.32 Å². The lowest BCUT2D eigenvalue weighted by atomic mass is 10.2. The predicted octanol–water partition coefficient (Wildman–Crippen LogP) is -1.41. The molecule has 76 valence electrons. The van der Waals surface area contributed by atoms with Gasteiger partial charge in [0, 0.05) is 19.6 Å². The summed E-state index contributed by atoms with van der Waals surface area (Å²) in [4.78, 5) is 29.4. The lowest BCUT2D eigenvalue weighted by Gasteiger charge is -2.30. The fourth-order valence-electron chi connectivity index (χ4n) is 1.32. The zero-order valence-corrected chi connectivity index (χ0v) is 7.98. The molecule has 0 radical (unpaired) electrons. The second-order valence-corrected chi connectivity index (χ2v) is 4.69. The molecule has 0 bridgehead atoms. The van der Waals surface area contributed by atoms with Crippen LogP contribution in [0.15, 0.2) is 0 Å². The highest BCUT2D eigenvalue weighted by atomic mass is 31.2. The molecule has 0 saturated carbocycles. The average Bonchev–Trinajstić information content (AvgIpc) is 2.01. The van der Waals surface area contributed by atoms with Crippen LogP contribution in [-0.4, -0.2) is 52.9 Å². The third-order valence-electron chi connectivity index (χ3n) is 1.84. The summed E-state index contributed by atoms with van der Waals surface area (Å²) in [5.74, 6) is 0. The molecule has 0 aromatic rings. The van der Waals surface area contributed by atoms with Crippen LogP contribution in [0.1, 0.15) is 0 Å². The Morgan fingerprint density at radius 2 is 2.31 bits per heavy atom. The smallest absolute Gasteiger partial charge is 0.324 e. The number of hydrogen-bond acceptors (Lipinski definition) is 4. The van der Waals surface area contributed by atoms with Gasteiger partial charge in [-0.3, -0.25) is 9.46 Å². The Labute approximate surface area is 76.1 Å². The number of rotatable bonds is 3. The second-order valence-electron chi connectivity index (χ2n) is 3.08. The van der Waals surface area contributed by atoms with Gasteiger partial charge < -0.3 is 19.9 Å². The molecule has 0 aliphatic carbocycles. The Bertz CT molecular complexity index is 229. The van der Waals surface area contributed by atoms with Crippen molar-refractivity contribution in [1.29, 1.82) is 0 Å². The molecule has 1 aliphatic rings. The van der Waals surface area contributed by atoms with E-state index in [4.69, 9.17) is 9.79 Å². The molecule has 1 heterocycles. The largest absolute Gasteiger partial charge is 0.339 e. The number of piperazine rings is 1. The van der Waals surface area contributed by atoms with E-state index in [1.165, 1.54) is 0 Å². The van der Waals surface area contributed by atoms with Gasteiger partial charge in [0.1, 0.15) is 12.6 Å². The van der Waals surface area contributed by atoms with E-state index in [9.17, 15) is 9.36 Å². The van der Waals surface area contributed by atoms with Gasteiger partial charge in [-0.25, -0.2) is 0 Å². The van der Waals surface area contributed by atoms with Crippen molar-refractivity contribution in [1.82, 2.24) is 10.2 Å². The Morgan fingerprint density at radius 1 is 1.62 bits per heavy atom. The van der Waals surface area contributed by atoms with Crippen molar-refractivity contribution in [2.45, 2.75) is 6.04 Å². The van der Waals surface area contributed by atoms with Crippen LogP contribution in [0.3, 0.4) is 0 Å². The monoisotopic (exact) mass is 208 g/mol. The van der Waals surface area contributed by atoms with Gasteiger partial charge in [-0.15, -0.1) is 0 Å². The van der Waals surface area contributed by atoms with Crippen LogP contribution in [0.5, 0.6) is 0 Å². The summed E-state index contributed by atoms with van der Waals surface area (Å²) in [6.07, 6.45) is 0.491. The van der Waals surface area contributed by atoms with Gasteiger partial charge in [-0.2, -0.15) is 0 Å². The van der Waals surface area contributed by atoms with E-state index in [0.717, 1.165) is 6.29 Å². The van der Waals surface area contributed by atoms with Crippen LogP contribution >= 0.6 is 7.60 Å². The Balaban J connectivity index is 2.43. The fraction of sp³-hybridized carbons (Fsp3) is 0.833. The highest BCUT2D eigenvalue weighted by Crippen LogP contribution is 2.35. The number of nitrogens with one attached hydrogen (secondary N) is 1. The zero-order chi connectivity index (χ0) is 9.90. The van der Waals surface area contributed by atoms with E-state index in [-0.39, 0.29) is 12.3 Å². The summed E-state index contributed by atoms with van der Waals surface area (Å²) in [5, 5.41) is 2.92. The van der Waals surface area contributed by atoms with Gasteiger partial charge in [-0.1, -0.05) is 0 Å². The van der Waals surface area contributed by atoms with E-state index >= 15 is 0 Å². The topological polar surface area (TPSA) is 89.9 Å². The molecule has 7 heteroatoms. The molecule has 0 spiro atoms. The van der Waals surface area contributed by atoms with E-state index in [1.807, 2.05) is 0 Å². The molecular weight excluding hydrogens is 195 g/mol. The number of aldehydes is 1.